The normalized spacial score (nSPS) is 16.9. The Hall–Kier alpha value is -2.51. The van der Waals surface area contributed by atoms with E-state index >= 15 is 0 Å². The van der Waals surface area contributed by atoms with E-state index in [0.717, 1.165) is 10.9 Å². The fraction of sp³-hybridized carbons (Fsp3) is 0.222. The summed E-state index contributed by atoms with van der Waals surface area (Å²) in [6.07, 6.45) is 1.03. The number of fused-ring (bicyclic) bond motifs is 3. The van der Waals surface area contributed by atoms with Crippen molar-refractivity contribution < 1.29 is 26.5 Å². The van der Waals surface area contributed by atoms with Gasteiger partial charge in [-0.3, -0.25) is 4.18 Å². The molecule has 0 saturated heterocycles. The second-order valence-corrected chi connectivity index (χ2v) is 7.44. The van der Waals surface area contributed by atoms with Gasteiger partial charge in [0, 0.05) is 0 Å². The number of hydrogen-bond acceptors (Lipinski definition) is 6. The molecule has 0 unspecified atom stereocenters. The predicted octanol–water partition coefficient (Wildman–Crippen LogP) is 3.29. The SMILES string of the molecule is Cc1ccc(S(=O)(=O)OC[C@H]2COc3ccc4occc4c3O2)cc1. The maximum Gasteiger partial charge on any atom is 0.297 e. The first-order valence-corrected chi connectivity index (χ1v) is 9.19. The zero-order chi connectivity index (χ0) is 17.4. The summed E-state index contributed by atoms with van der Waals surface area (Å²) in [7, 11) is -3.84. The molecule has 0 radical (unpaired) electrons. The molecule has 0 amide bonds. The molecule has 3 aromatic rings. The van der Waals surface area contributed by atoms with Gasteiger partial charge in [0.2, 0.25) is 0 Å². The maximum atomic E-state index is 12.3. The van der Waals surface area contributed by atoms with Gasteiger partial charge in [-0.15, -0.1) is 0 Å². The number of benzene rings is 2. The lowest BCUT2D eigenvalue weighted by Gasteiger charge is -2.26. The second-order valence-electron chi connectivity index (χ2n) is 5.83. The molecule has 6 nitrogen and oxygen atoms in total. The Kier molecular flexibility index (Phi) is 3.89. The summed E-state index contributed by atoms with van der Waals surface area (Å²) in [6, 6.07) is 11.8. The van der Waals surface area contributed by atoms with Crippen LogP contribution in [-0.2, 0) is 14.3 Å². The quantitative estimate of drug-likeness (QED) is 0.665. The minimum atomic E-state index is -3.84. The third-order valence-corrected chi connectivity index (χ3v) is 5.27. The Morgan fingerprint density at radius 2 is 1.92 bits per heavy atom. The minimum absolute atomic E-state index is 0.118. The first-order valence-electron chi connectivity index (χ1n) is 7.79. The number of rotatable bonds is 4. The summed E-state index contributed by atoms with van der Waals surface area (Å²) in [5.74, 6) is 1.14. The van der Waals surface area contributed by atoms with Gasteiger partial charge in [-0.1, -0.05) is 17.7 Å². The van der Waals surface area contributed by atoms with Crippen molar-refractivity contribution in [2.24, 2.45) is 0 Å². The smallest absolute Gasteiger partial charge is 0.297 e. The Morgan fingerprint density at radius 3 is 2.72 bits per heavy atom. The monoisotopic (exact) mass is 360 g/mol. The molecule has 0 spiro atoms. The van der Waals surface area contributed by atoms with Gasteiger partial charge in [-0.2, -0.15) is 8.42 Å². The predicted molar refractivity (Wildman–Crippen MR) is 90.4 cm³/mol. The molecular formula is C18H16O6S. The van der Waals surface area contributed by atoms with Crippen molar-refractivity contribution in [1.82, 2.24) is 0 Å². The Bertz CT molecular complexity index is 1000. The van der Waals surface area contributed by atoms with Crippen LogP contribution in [0.3, 0.4) is 0 Å². The lowest BCUT2D eigenvalue weighted by atomic mass is 10.2. The van der Waals surface area contributed by atoms with Gasteiger partial charge in [-0.05, 0) is 37.3 Å². The molecule has 0 fully saturated rings. The van der Waals surface area contributed by atoms with E-state index in [1.165, 1.54) is 12.1 Å². The first kappa shape index (κ1) is 16.0. The minimum Gasteiger partial charge on any atom is -0.486 e. The lowest BCUT2D eigenvalue weighted by molar-refractivity contribution is 0.0571. The summed E-state index contributed by atoms with van der Waals surface area (Å²) in [5, 5.41) is 0.781. The van der Waals surface area contributed by atoms with Crippen LogP contribution in [0.2, 0.25) is 0 Å². The van der Waals surface area contributed by atoms with E-state index in [-0.39, 0.29) is 18.1 Å². The molecule has 2 heterocycles. The molecule has 130 valence electrons. The molecule has 2 aromatic carbocycles. The van der Waals surface area contributed by atoms with Crippen molar-refractivity contribution in [2.75, 3.05) is 13.2 Å². The van der Waals surface area contributed by atoms with Gasteiger partial charge >= 0.3 is 0 Å². The van der Waals surface area contributed by atoms with E-state index in [9.17, 15) is 8.42 Å². The molecular weight excluding hydrogens is 344 g/mol. The molecule has 1 aliphatic heterocycles. The third-order valence-electron chi connectivity index (χ3n) is 3.98. The molecule has 1 aliphatic rings. The van der Waals surface area contributed by atoms with Gasteiger partial charge in [-0.25, -0.2) is 0 Å². The average Bonchev–Trinajstić information content (AvgIpc) is 3.09. The van der Waals surface area contributed by atoms with Crippen LogP contribution in [-0.4, -0.2) is 27.7 Å². The van der Waals surface area contributed by atoms with Crippen LogP contribution in [0.15, 0.2) is 58.0 Å². The molecule has 0 N–H and O–H groups in total. The van der Waals surface area contributed by atoms with Crippen molar-refractivity contribution in [3.8, 4) is 11.5 Å². The maximum absolute atomic E-state index is 12.3. The summed E-state index contributed by atoms with van der Waals surface area (Å²) >= 11 is 0. The number of ether oxygens (including phenoxy) is 2. The van der Waals surface area contributed by atoms with Crippen molar-refractivity contribution in [2.45, 2.75) is 17.9 Å². The first-order chi connectivity index (χ1) is 12.0. The van der Waals surface area contributed by atoms with Crippen LogP contribution in [0.1, 0.15) is 5.56 Å². The zero-order valence-electron chi connectivity index (χ0n) is 13.5. The molecule has 25 heavy (non-hydrogen) atoms. The van der Waals surface area contributed by atoms with Crippen LogP contribution in [0, 0.1) is 6.92 Å². The van der Waals surface area contributed by atoms with E-state index in [2.05, 4.69) is 0 Å². The molecule has 7 heteroatoms. The van der Waals surface area contributed by atoms with Crippen LogP contribution < -0.4 is 9.47 Å². The van der Waals surface area contributed by atoms with E-state index in [4.69, 9.17) is 18.1 Å². The topological polar surface area (TPSA) is 75.0 Å². The largest absolute Gasteiger partial charge is 0.486 e. The van der Waals surface area contributed by atoms with Gasteiger partial charge < -0.3 is 13.9 Å². The summed E-state index contributed by atoms with van der Waals surface area (Å²) in [6.45, 7) is 1.96. The fourth-order valence-corrected chi connectivity index (χ4v) is 3.57. The van der Waals surface area contributed by atoms with Crippen LogP contribution in [0.5, 0.6) is 11.5 Å². The van der Waals surface area contributed by atoms with E-state index in [1.807, 2.05) is 6.92 Å². The van der Waals surface area contributed by atoms with Crippen LogP contribution in [0.25, 0.3) is 11.0 Å². The number of furan rings is 1. The van der Waals surface area contributed by atoms with Gasteiger partial charge in [0.1, 0.15) is 18.8 Å². The van der Waals surface area contributed by atoms with Gasteiger partial charge in [0.15, 0.2) is 17.6 Å². The summed E-state index contributed by atoms with van der Waals surface area (Å²) in [5.41, 5.74) is 1.65. The highest BCUT2D eigenvalue weighted by atomic mass is 32.2. The molecule has 0 bridgehead atoms. The molecule has 0 aliphatic carbocycles. The Balaban J connectivity index is 1.49. The van der Waals surface area contributed by atoms with E-state index in [0.29, 0.717) is 17.1 Å². The zero-order valence-corrected chi connectivity index (χ0v) is 14.3. The van der Waals surface area contributed by atoms with Gasteiger partial charge in [0.05, 0.1) is 16.5 Å². The number of hydrogen-bond donors (Lipinski definition) is 0. The fourth-order valence-electron chi connectivity index (χ4n) is 2.64. The number of aryl methyl sites for hydroxylation is 1. The van der Waals surface area contributed by atoms with Crippen molar-refractivity contribution in [3.63, 3.8) is 0 Å². The van der Waals surface area contributed by atoms with Crippen LogP contribution >= 0.6 is 0 Å². The van der Waals surface area contributed by atoms with Crippen LogP contribution in [0.4, 0.5) is 0 Å². The Labute approximate surface area is 145 Å². The summed E-state index contributed by atoms with van der Waals surface area (Å²) < 4.78 is 46.6. The molecule has 1 atom stereocenters. The highest BCUT2D eigenvalue weighted by Crippen LogP contribution is 2.39. The van der Waals surface area contributed by atoms with E-state index in [1.54, 1.807) is 36.6 Å². The standard InChI is InChI=1S/C18H16O6S/c1-12-2-4-14(5-3-12)25(19,20)23-11-13-10-22-17-7-6-16-15(8-9-21-16)18(17)24-13/h2-9,13H,10-11H2,1H3/t13-/m1/s1. The third kappa shape index (κ3) is 3.08. The highest BCUT2D eigenvalue weighted by Gasteiger charge is 2.26. The Morgan fingerprint density at radius 1 is 1.12 bits per heavy atom. The second kappa shape index (κ2) is 6.09. The average molecular weight is 360 g/mol. The highest BCUT2D eigenvalue weighted by molar-refractivity contribution is 7.86. The van der Waals surface area contributed by atoms with Crippen molar-refractivity contribution in [1.29, 1.82) is 0 Å². The van der Waals surface area contributed by atoms with E-state index < -0.39 is 16.2 Å². The lowest BCUT2D eigenvalue weighted by Crippen LogP contribution is -2.34. The van der Waals surface area contributed by atoms with Gasteiger partial charge in [0.25, 0.3) is 10.1 Å². The molecule has 0 saturated carbocycles. The molecule has 4 rings (SSSR count). The van der Waals surface area contributed by atoms with Crippen molar-refractivity contribution >= 4 is 21.1 Å². The summed E-state index contributed by atoms with van der Waals surface area (Å²) in [4.78, 5) is 0.118. The van der Waals surface area contributed by atoms with Crippen molar-refractivity contribution in [3.05, 3.63) is 54.3 Å². The molecule has 1 aromatic heterocycles.